The van der Waals surface area contributed by atoms with Crippen molar-refractivity contribution in [2.45, 2.75) is 0 Å². The number of halogens is 3. The van der Waals surface area contributed by atoms with Crippen molar-refractivity contribution in [2.75, 3.05) is 0 Å². The molecule has 0 amide bonds. The summed E-state index contributed by atoms with van der Waals surface area (Å²) in [5.74, 6) is 0. The summed E-state index contributed by atoms with van der Waals surface area (Å²) >= 11 is 9.85. The maximum absolute atomic E-state index is 9.96. The Morgan fingerprint density at radius 3 is 1.75 bits per heavy atom. The third-order valence-corrected chi connectivity index (χ3v) is 1.49. The minimum Gasteiger partial charge on any atom is -0.207 e. The molecular weight excluding hydrogens is 194 g/mol. The third kappa shape index (κ3) is 6.56. The number of rotatable bonds is 1. The second kappa shape index (κ2) is 2.92. The van der Waals surface area contributed by atoms with E-state index in [1.807, 2.05) is 0 Å². The van der Waals surface area contributed by atoms with Gasteiger partial charge in [-0.15, -0.1) is 0 Å². The largest absolute Gasteiger partial charge is 0.256 e. The summed E-state index contributed by atoms with van der Waals surface area (Å²) in [7, 11) is 0.978. The fourth-order valence-electron chi connectivity index (χ4n) is 0.106. The molecule has 0 atom stereocenters. The third-order valence-electron chi connectivity index (χ3n) is 0.230. The Morgan fingerprint density at radius 1 is 1.38 bits per heavy atom. The molecule has 0 fully saturated rings. The van der Waals surface area contributed by atoms with Gasteiger partial charge in [0.2, 0.25) is 0 Å². The lowest BCUT2D eigenvalue weighted by Gasteiger charge is -1.78. The van der Waals surface area contributed by atoms with Gasteiger partial charge >= 0.3 is 0 Å². The highest BCUT2D eigenvalue weighted by molar-refractivity contribution is 8.16. The van der Waals surface area contributed by atoms with E-state index in [9.17, 15) is 8.42 Å². The van der Waals surface area contributed by atoms with Gasteiger partial charge in [0, 0.05) is 10.7 Å². The van der Waals surface area contributed by atoms with E-state index in [2.05, 4.69) is 10.7 Å². The molecule has 0 aromatic carbocycles. The first-order valence-electron chi connectivity index (χ1n) is 1.39. The highest BCUT2D eigenvalue weighted by Crippen LogP contribution is 2.11. The first-order valence-corrected chi connectivity index (χ1v) is 4.52. The van der Waals surface area contributed by atoms with Gasteiger partial charge in [-0.2, -0.15) is 0 Å². The quantitative estimate of drug-likeness (QED) is 0.598. The van der Waals surface area contributed by atoms with Crippen LogP contribution in [-0.2, 0) is 9.05 Å². The van der Waals surface area contributed by atoms with Gasteiger partial charge in [-0.3, -0.25) is 0 Å². The van der Waals surface area contributed by atoms with Crippen LogP contribution < -0.4 is 0 Å². The summed E-state index contributed by atoms with van der Waals surface area (Å²) in [5.41, 5.74) is 0. The van der Waals surface area contributed by atoms with Crippen LogP contribution in [0.5, 0.6) is 0 Å². The average Bonchev–Trinajstić information content (AvgIpc) is 1.21. The van der Waals surface area contributed by atoms with Gasteiger partial charge in [0.15, 0.2) is 0 Å². The predicted molar refractivity (Wildman–Crippen MR) is 34.6 cm³/mol. The Bertz CT molecular complexity index is 187. The molecule has 0 aliphatic rings. The van der Waals surface area contributed by atoms with E-state index in [-0.39, 0.29) is 4.49 Å². The summed E-state index contributed by atoms with van der Waals surface area (Å²) in [6, 6.07) is 0. The molecule has 2 nitrogen and oxygen atoms in total. The van der Waals surface area contributed by atoms with Gasteiger partial charge < -0.3 is 0 Å². The molecular formula is C2HCl3O2S. The van der Waals surface area contributed by atoms with Crippen LogP contribution in [0, 0.1) is 0 Å². The zero-order chi connectivity index (χ0) is 6.78. The van der Waals surface area contributed by atoms with Crippen molar-refractivity contribution < 1.29 is 8.42 Å². The van der Waals surface area contributed by atoms with Crippen molar-refractivity contribution >= 4 is 42.9 Å². The van der Waals surface area contributed by atoms with E-state index < -0.39 is 9.05 Å². The van der Waals surface area contributed by atoms with Crippen LogP contribution in [0.2, 0.25) is 0 Å². The van der Waals surface area contributed by atoms with Crippen molar-refractivity contribution in [3.8, 4) is 0 Å². The number of hydrogen-bond acceptors (Lipinski definition) is 2. The van der Waals surface area contributed by atoms with Crippen LogP contribution in [0.3, 0.4) is 0 Å². The van der Waals surface area contributed by atoms with Crippen LogP contribution in [0.4, 0.5) is 0 Å². The summed E-state index contributed by atoms with van der Waals surface area (Å²) < 4.78 is 19.5. The first kappa shape index (κ1) is 8.56. The molecule has 8 heavy (non-hydrogen) atoms. The molecule has 0 saturated carbocycles. The lowest BCUT2D eigenvalue weighted by molar-refractivity contribution is 0.617. The second-order valence-electron chi connectivity index (χ2n) is 0.883. The molecule has 0 aliphatic carbocycles. The Labute approximate surface area is 61.5 Å². The second-order valence-corrected chi connectivity index (χ2v) is 4.37. The van der Waals surface area contributed by atoms with Gasteiger partial charge in [-0.1, -0.05) is 23.2 Å². The summed E-state index contributed by atoms with van der Waals surface area (Å²) in [6.45, 7) is 0. The van der Waals surface area contributed by atoms with Crippen molar-refractivity contribution in [3.63, 3.8) is 0 Å². The fourth-order valence-corrected chi connectivity index (χ4v) is 1.56. The summed E-state index contributed by atoms with van der Waals surface area (Å²) in [5, 5.41) is 0.539. The normalized spacial score (nSPS) is 10.9. The minimum absolute atomic E-state index is 0.375. The molecule has 0 N–H and O–H groups in total. The van der Waals surface area contributed by atoms with Crippen LogP contribution >= 0.6 is 33.9 Å². The SMILES string of the molecule is O=S(=O)(Cl)C=C(Cl)Cl. The summed E-state index contributed by atoms with van der Waals surface area (Å²) in [6.07, 6.45) is 0. The lowest BCUT2D eigenvalue weighted by Crippen LogP contribution is -1.77. The van der Waals surface area contributed by atoms with Gasteiger partial charge in [-0.05, 0) is 0 Å². The molecule has 0 aliphatic heterocycles. The van der Waals surface area contributed by atoms with Crippen LogP contribution in [0.15, 0.2) is 9.90 Å². The molecule has 0 unspecified atom stereocenters. The molecule has 0 saturated heterocycles. The van der Waals surface area contributed by atoms with Gasteiger partial charge in [0.05, 0.1) is 5.41 Å². The van der Waals surface area contributed by atoms with Crippen molar-refractivity contribution in [3.05, 3.63) is 9.90 Å². The Balaban J connectivity index is 4.36. The van der Waals surface area contributed by atoms with E-state index in [1.165, 1.54) is 0 Å². The zero-order valence-electron chi connectivity index (χ0n) is 3.44. The van der Waals surface area contributed by atoms with Crippen LogP contribution in [0.1, 0.15) is 0 Å². The van der Waals surface area contributed by atoms with Crippen LogP contribution in [0.25, 0.3) is 0 Å². The Hall–Kier alpha value is 0.560. The molecule has 48 valence electrons. The van der Waals surface area contributed by atoms with Crippen LogP contribution in [-0.4, -0.2) is 8.42 Å². The summed E-state index contributed by atoms with van der Waals surface area (Å²) in [4.78, 5) is 0. The Kier molecular flexibility index (Phi) is 3.12. The van der Waals surface area contributed by atoms with E-state index in [0.29, 0.717) is 5.41 Å². The number of hydrogen-bond donors (Lipinski definition) is 0. The first-order chi connectivity index (χ1) is 3.42. The predicted octanol–water partition coefficient (Wildman–Crippen LogP) is 1.83. The molecule has 6 heteroatoms. The maximum atomic E-state index is 9.96. The van der Waals surface area contributed by atoms with E-state index in [1.54, 1.807) is 0 Å². The molecule has 0 radical (unpaired) electrons. The standard InChI is InChI=1S/C2HCl3O2S/c3-2(4)1-8(5,6)7/h1H. The van der Waals surface area contributed by atoms with Crippen molar-refractivity contribution in [1.29, 1.82) is 0 Å². The monoisotopic (exact) mass is 194 g/mol. The fraction of sp³-hybridized carbons (Fsp3) is 0. The maximum Gasteiger partial charge on any atom is 0.256 e. The molecule has 0 heterocycles. The van der Waals surface area contributed by atoms with E-state index >= 15 is 0 Å². The van der Waals surface area contributed by atoms with E-state index in [4.69, 9.17) is 23.2 Å². The smallest absolute Gasteiger partial charge is 0.207 e. The Morgan fingerprint density at radius 2 is 1.75 bits per heavy atom. The van der Waals surface area contributed by atoms with E-state index in [0.717, 1.165) is 0 Å². The average molecular weight is 195 g/mol. The molecule has 0 aromatic heterocycles. The van der Waals surface area contributed by atoms with Gasteiger partial charge in [0.25, 0.3) is 9.05 Å². The van der Waals surface area contributed by atoms with Crippen molar-refractivity contribution in [2.24, 2.45) is 0 Å². The lowest BCUT2D eigenvalue weighted by atomic mass is 11.2. The van der Waals surface area contributed by atoms with Crippen molar-refractivity contribution in [1.82, 2.24) is 0 Å². The molecule has 0 rings (SSSR count). The van der Waals surface area contributed by atoms with Gasteiger partial charge in [0.1, 0.15) is 4.49 Å². The topological polar surface area (TPSA) is 34.1 Å². The molecule has 0 spiro atoms. The highest BCUT2D eigenvalue weighted by Gasteiger charge is 1.98. The zero-order valence-corrected chi connectivity index (χ0v) is 6.52. The minimum atomic E-state index is -3.68. The highest BCUT2D eigenvalue weighted by atomic mass is 35.7. The molecule has 0 bridgehead atoms. The molecule has 0 aromatic rings. The van der Waals surface area contributed by atoms with Gasteiger partial charge in [-0.25, -0.2) is 8.42 Å².